The Balaban J connectivity index is 1.56. The van der Waals surface area contributed by atoms with Crippen molar-refractivity contribution >= 4 is 33.1 Å². The molecule has 1 aliphatic heterocycles. The molecule has 146 valence electrons. The van der Waals surface area contributed by atoms with Crippen molar-refractivity contribution in [3.8, 4) is 0 Å². The third kappa shape index (κ3) is 3.07. The summed E-state index contributed by atoms with van der Waals surface area (Å²) in [6.07, 6.45) is 0. The van der Waals surface area contributed by atoms with Gasteiger partial charge in [-0.1, -0.05) is 0 Å². The highest BCUT2D eigenvalue weighted by molar-refractivity contribution is 7.20. The van der Waals surface area contributed by atoms with Crippen LogP contribution in [0, 0.1) is 19.7 Å². The largest absolute Gasteiger partial charge is 0.368 e. The van der Waals surface area contributed by atoms with E-state index in [1.54, 1.807) is 26.1 Å². The summed E-state index contributed by atoms with van der Waals surface area (Å²) in [4.78, 5) is 35.3. The summed E-state index contributed by atoms with van der Waals surface area (Å²) < 4.78 is 14.6. The van der Waals surface area contributed by atoms with E-state index in [0.29, 0.717) is 52.7 Å². The first kappa shape index (κ1) is 18.6. The molecule has 3 aromatic rings. The first-order valence-corrected chi connectivity index (χ1v) is 9.95. The molecule has 3 heterocycles. The zero-order chi connectivity index (χ0) is 20.0. The topological polar surface area (TPSA) is 58.4 Å². The van der Waals surface area contributed by atoms with E-state index in [0.717, 1.165) is 5.69 Å². The minimum Gasteiger partial charge on any atom is -0.368 e. The van der Waals surface area contributed by atoms with E-state index in [4.69, 9.17) is 0 Å². The summed E-state index contributed by atoms with van der Waals surface area (Å²) in [5.41, 5.74) is 1.55. The molecule has 0 aliphatic carbocycles. The number of fused-ring (bicyclic) bond motifs is 1. The van der Waals surface area contributed by atoms with Gasteiger partial charge >= 0.3 is 0 Å². The van der Waals surface area contributed by atoms with Crippen molar-refractivity contribution in [2.75, 3.05) is 31.1 Å². The lowest BCUT2D eigenvalue weighted by Crippen LogP contribution is -2.48. The van der Waals surface area contributed by atoms with Crippen molar-refractivity contribution in [3.63, 3.8) is 0 Å². The Morgan fingerprint density at radius 1 is 1.11 bits per heavy atom. The number of benzene rings is 1. The molecule has 1 aromatic carbocycles. The summed E-state index contributed by atoms with van der Waals surface area (Å²) in [5.74, 6) is 0.317. The smallest absolute Gasteiger partial charge is 0.264 e. The SMILES string of the molecule is Cc1c(C(=O)N2CCN(c3ccc(F)cc3)CC2)sc2nc(C)n(C)c(=O)c12. The van der Waals surface area contributed by atoms with Gasteiger partial charge in [0.05, 0.1) is 10.3 Å². The van der Waals surface area contributed by atoms with Crippen LogP contribution in [-0.4, -0.2) is 46.5 Å². The fourth-order valence-corrected chi connectivity index (χ4v) is 4.72. The van der Waals surface area contributed by atoms with Crippen LogP contribution in [0.5, 0.6) is 0 Å². The third-order valence-electron chi connectivity index (χ3n) is 5.35. The number of halogens is 1. The average molecular weight is 400 g/mol. The third-order valence-corrected chi connectivity index (χ3v) is 6.52. The van der Waals surface area contributed by atoms with Gasteiger partial charge in [-0.2, -0.15) is 0 Å². The van der Waals surface area contributed by atoms with Crippen LogP contribution in [0.4, 0.5) is 10.1 Å². The maximum absolute atomic E-state index is 13.1. The second kappa shape index (κ2) is 7.01. The van der Waals surface area contributed by atoms with Gasteiger partial charge in [0, 0.05) is 38.9 Å². The van der Waals surface area contributed by atoms with Crippen LogP contribution in [0.3, 0.4) is 0 Å². The van der Waals surface area contributed by atoms with Gasteiger partial charge in [0.1, 0.15) is 16.5 Å². The lowest BCUT2D eigenvalue weighted by Gasteiger charge is -2.36. The van der Waals surface area contributed by atoms with Crippen LogP contribution in [0.1, 0.15) is 21.1 Å². The molecule has 4 rings (SSSR count). The van der Waals surface area contributed by atoms with Crippen LogP contribution in [0.15, 0.2) is 29.1 Å². The predicted octanol–water partition coefficient (Wildman–Crippen LogP) is 2.71. The lowest BCUT2D eigenvalue weighted by atomic mass is 10.2. The number of carbonyl (C=O) groups excluding carboxylic acids is 1. The number of hydrogen-bond acceptors (Lipinski definition) is 5. The van der Waals surface area contributed by atoms with Crippen LogP contribution in [0.2, 0.25) is 0 Å². The Labute approximate surface area is 165 Å². The van der Waals surface area contributed by atoms with Gasteiger partial charge in [0.2, 0.25) is 0 Å². The van der Waals surface area contributed by atoms with E-state index in [-0.39, 0.29) is 17.3 Å². The Bertz CT molecular complexity index is 1110. The Morgan fingerprint density at radius 3 is 2.39 bits per heavy atom. The van der Waals surface area contributed by atoms with Gasteiger partial charge in [-0.05, 0) is 43.7 Å². The average Bonchev–Trinajstić information content (AvgIpc) is 3.02. The molecule has 2 aromatic heterocycles. The van der Waals surface area contributed by atoms with E-state index >= 15 is 0 Å². The van der Waals surface area contributed by atoms with Gasteiger partial charge in [-0.3, -0.25) is 14.2 Å². The minimum absolute atomic E-state index is 0.0565. The van der Waals surface area contributed by atoms with E-state index in [2.05, 4.69) is 9.88 Å². The maximum atomic E-state index is 13.1. The number of piperazine rings is 1. The number of hydrogen-bond donors (Lipinski definition) is 0. The molecule has 1 amide bonds. The van der Waals surface area contributed by atoms with Gasteiger partial charge in [-0.15, -0.1) is 11.3 Å². The summed E-state index contributed by atoms with van der Waals surface area (Å²) in [6, 6.07) is 6.41. The maximum Gasteiger partial charge on any atom is 0.264 e. The molecular weight excluding hydrogens is 379 g/mol. The van der Waals surface area contributed by atoms with Gasteiger partial charge in [-0.25, -0.2) is 9.37 Å². The van der Waals surface area contributed by atoms with Crippen LogP contribution in [-0.2, 0) is 7.05 Å². The molecule has 0 saturated carbocycles. The molecular formula is C20H21FN4O2S. The Morgan fingerprint density at radius 2 is 1.75 bits per heavy atom. The van der Waals surface area contributed by atoms with Crippen molar-refractivity contribution < 1.29 is 9.18 Å². The molecule has 28 heavy (non-hydrogen) atoms. The highest BCUT2D eigenvalue weighted by Crippen LogP contribution is 2.29. The molecule has 8 heteroatoms. The highest BCUT2D eigenvalue weighted by atomic mass is 32.1. The first-order chi connectivity index (χ1) is 13.4. The van der Waals surface area contributed by atoms with E-state index in [1.165, 1.54) is 28.0 Å². The molecule has 0 atom stereocenters. The van der Waals surface area contributed by atoms with Crippen molar-refractivity contribution in [2.45, 2.75) is 13.8 Å². The zero-order valence-electron chi connectivity index (χ0n) is 16.0. The van der Waals surface area contributed by atoms with Crippen LogP contribution >= 0.6 is 11.3 Å². The van der Waals surface area contributed by atoms with E-state index in [1.807, 2.05) is 11.8 Å². The van der Waals surface area contributed by atoms with Crippen molar-refractivity contribution in [1.82, 2.24) is 14.5 Å². The van der Waals surface area contributed by atoms with E-state index < -0.39 is 0 Å². The lowest BCUT2D eigenvalue weighted by molar-refractivity contribution is 0.0751. The second-order valence-electron chi connectivity index (χ2n) is 7.02. The Hall–Kier alpha value is -2.74. The monoisotopic (exact) mass is 400 g/mol. The van der Waals surface area contributed by atoms with Crippen molar-refractivity contribution in [1.29, 1.82) is 0 Å². The summed E-state index contributed by atoms with van der Waals surface area (Å²) >= 11 is 1.29. The molecule has 0 bridgehead atoms. The number of nitrogens with zero attached hydrogens (tertiary/aromatic N) is 4. The predicted molar refractivity (Wildman–Crippen MR) is 109 cm³/mol. The molecule has 0 spiro atoms. The summed E-state index contributed by atoms with van der Waals surface area (Å²) in [5, 5.41) is 0.534. The second-order valence-corrected chi connectivity index (χ2v) is 8.01. The molecule has 0 radical (unpaired) electrons. The molecule has 1 aliphatic rings. The number of carbonyl (C=O) groups is 1. The number of rotatable bonds is 2. The molecule has 0 N–H and O–H groups in total. The molecule has 1 saturated heterocycles. The number of thiophene rings is 1. The fourth-order valence-electron chi connectivity index (χ4n) is 3.53. The Kier molecular flexibility index (Phi) is 4.66. The highest BCUT2D eigenvalue weighted by Gasteiger charge is 2.27. The van der Waals surface area contributed by atoms with Gasteiger partial charge in [0.15, 0.2) is 0 Å². The standard InChI is InChI=1S/C20H21FN4O2S/c1-12-16-18(22-13(2)23(3)19(16)26)28-17(12)20(27)25-10-8-24(9-11-25)15-6-4-14(21)5-7-15/h4-7H,8-11H2,1-3H3. The number of aromatic nitrogens is 2. The van der Waals surface area contributed by atoms with Crippen molar-refractivity contribution in [3.05, 3.63) is 56.7 Å². The number of anilines is 1. The summed E-state index contributed by atoms with van der Waals surface area (Å²) in [6.45, 7) is 6.12. The molecule has 0 unspecified atom stereocenters. The van der Waals surface area contributed by atoms with Gasteiger partial charge < -0.3 is 9.80 Å². The quantitative estimate of drug-likeness (QED) is 0.664. The van der Waals surface area contributed by atoms with Crippen LogP contribution < -0.4 is 10.5 Å². The van der Waals surface area contributed by atoms with Crippen molar-refractivity contribution in [2.24, 2.45) is 7.05 Å². The first-order valence-electron chi connectivity index (χ1n) is 9.13. The van der Waals surface area contributed by atoms with Crippen LogP contribution in [0.25, 0.3) is 10.2 Å². The van der Waals surface area contributed by atoms with Gasteiger partial charge in [0.25, 0.3) is 11.5 Å². The zero-order valence-corrected chi connectivity index (χ0v) is 16.8. The van der Waals surface area contributed by atoms with E-state index in [9.17, 15) is 14.0 Å². The number of aryl methyl sites for hydroxylation is 2. The summed E-state index contributed by atoms with van der Waals surface area (Å²) in [7, 11) is 1.69. The fraction of sp³-hybridized carbons (Fsp3) is 0.350. The molecule has 6 nitrogen and oxygen atoms in total. The molecule has 1 fully saturated rings. The number of amides is 1. The minimum atomic E-state index is -0.257. The normalized spacial score (nSPS) is 14.7.